The summed E-state index contributed by atoms with van der Waals surface area (Å²) in [5, 5.41) is 17.1. The number of halogens is 2. The Morgan fingerprint density at radius 1 is 1.50 bits per heavy atom. The van der Waals surface area contributed by atoms with Gasteiger partial charge in [-0.15, -0.1) is 0 Å². The van der Waals surface area contributed by atoms with Crippen molar-refractivity contribution >= 4 is 13.7 Å². The molecule has 0 saturated carbocycles. The molecule has 8 heteroatoms. The lowest BCUT2D eigenvalue weighted by Gasteiger charge is -2.20. The predicted molar refractivity (Wildman–Crippen MR) is 58.9 cm³/mol. The van der Waals surface area contributed by atoms with E-state index in [1.54, 1.807) is 0 Å². The number of rotatable bonds is 5. The molecule has 97 valence electrons. The molecule has 1 atom stereocenters. The van der Waals surface area contributed by atoms with Gasteiger partial charge in [-0.25, -0.2) is 8.78 Å². The van der Waals surface area contributed by atoms with Gasteiger partial charge in [0.25, 0.3) is 0 Å². The molecule has 0 spiro atoms. The van der Waals surface area contributed by atoms with E-state index in [0.29, 0.717) is 0 Å². The maximum Gasteiger partial charge on any atom is 0.569 e. The van der Waals surface area contributed by atoms with Crippen molar-refractivity contribution in [3.8, 4) is 5.75 Å². The zero-order chi connectivity index (χ0) is 13.9. The largest absolute Gasteiger partial charge is 0.569 e. The molecule has 1 aromatic rings. The van der Waals surface area contributed by atoms with Crippen molar-refractivity contribution in [3.63, 3.8) is 0 Å². The van der Waals surface area contributed by atoms with E-state index in [9.17, 15) is 13.6 Å². The highest BCUT2D eigenvalue weighted by Gasteiger charge is 2.31. The minimum absolute atomic E-state index is 0.245. The fraction of sp³-hybridized carbons (Fsp3) is 0.300. The van der Waals surface area contributed by atoms with Crippen molar-refractivity contribution in [2.24, 2.45) is 5.73 Å². The smallest absolute Gasteiger partial charge is 0.537 e. The van der Waals surface area contributed by atoms with Crippen molar-refractivity contribution in [1.82, 2.24) is 0 Å². The molecular formula is C10H11BF2NO4. The summed E-state index contributed by atoms with van der Waals surface area (Å²) in [6.07, 6.45) is -0.511. The summed E-state index contributed by atoms with van der Waals surface area (Å²) in [4.78, 5) is 10.8. The first-order valence-corrected chi connectivity index (χ1v) is 4.90. The number of carboxylic acids is 1. The molecule has 0 amide bonds. The van der Waals surface area contributed by atoms with Gasteiger partial charge in [0.05, 0.1) is 0 Å². The van der Waals surface area contributed by atoms with Crippen LogP contribution >= 0.6 is 0 Å². The van der Waals surface area contributed by atoms with Crippen LogP contribution in [0.5, 0.6) is 5.75 Å². The number of benzene rings is 1. The number of hydrogen-bond acceptors (Lipinski definition) is 4. The monoisotopic (exact) mass is 258 g/mol. The molecule has 0 aliphatic carbocycles. The summed E-state index contributed by atoms with van der Waals surface area (Å²) in [5.74, 6) is -3.61. The fourth-order valence-corrected chi connectivity index (χ4v) is 1.32. The summed E-state index contributed by atoms with van der Waals surface area (Å²) in [6.45, 7) is 1.15. The van der Waals surface area contributed by atoms with Gasteiger partial charge in [0, 0.05) is 24.1 Å². The molecule has 0 aromatic heterocycles. The van der Waals surface area contributed by atoms with Crippen LogP contribution in [-0.2, 0) is 11.2 Å². The van der Waals surface area contributed by atoms with E-state index >= 15 is 0 Å². The zero-order valence-electron chi connectivity index (χ0n) is 9.48. The molecule has 4 N–H and O–H groups in total. The summed E-state index contributed by atoms with van der Waals surface area (Å²) in [5.41, 5.74) is 3.18. The molecule has 0 heterocycles. The van der Waals surface area contributed by atoms with Gasteiger partial charge in [0.1, 0.15) is 22.9 Å². The number of carboxylic acid groups (broad SMARTS) is 1. The molecule has 0 saturated heterocycles. The van der Waals surface area contributed by atoms with Crippen LogP contribution in [0.4, 0.5) is 8.78 Å². The first-order chi connectivity index (χ1) is 8.27. The van der Waals surface area contributed by atoms with Crippen molar-refractivity contribution < 1.29 is 28.4 Å². The second kappa shape index (κ2) is 5.32. The van der Waals surface area contributed by atoms with Gasteiger partial charge in [0.2, 0.25) is 0 Å². The summed E-state index contributed by atoms with van der Waals surface area (Å²) in [7, 11) is 0.276. The average molecular weight is 258 g/mol. The van der Waals surface area contributed by atoms with E-state index in [0.717, 1.165) is 19.1 Å². The molecule has 18 heavy (non-hydrogen) atoms. The normalized spacial score (nSPS) is 13.8. The SMILES string of the molecule is C[C@](N)(Cc1c(F)cc(O[B]O)cc1F)C(=O)O. The van der Waals surface area contributed by atoms with E-state index in [4.69, 9.17) is 15.9 Å². The second-order valence-electron chi connectivity index (χ2n) is 3.99. The first-order valence-electron chi connectivity index (χ1n) is 4.90. The van der Waals surface area contributed by atoms with Crippen molar-refractivity contribution in [1.29, 1.82) is 0 Å². The minimum Gasteiger partial charge on any atom is -0.537 e. The Hall–Kier alpha value is -1.67. The van der Waals surface area contributed by atoms with Crippen LogP contribution in [-0.4, -0.2) is 29.3 Å². The van der Waals surface area contributed by atoms with Crippen molar-refractivity contribution in [2.45, 2.75) is 18.9 Å². The first kappa shape index (κ1) is 14.4. The van der Waals surface area contributed by atoms with Crippen molar-refractivity contribution in [3.05, 3.63) is 29.3 Å². The van der Waals surface area contributed by atoms with E-state index in [-0.39, 0.29) is 13.4 Å². The third-order valence-electron chi connectivity index (χ3n) is 2.34. The van der Waals surface area contributed by atoms with Crippen LogP contribution in [0.3, 0.4) is 0 Å². The summed E-state index contributed by atoms with van der Waals surface area (Å²) >= 11 is 0. The van der Waals surface area contributed by atoms with E-state index in [1.807, 2.05) is 0 Å². The Morgan fingerprint density at radius 2 is 2.00 bits per heavy atom. The Morgan fingerprint density at radius 3 is 2.39 bits per heavy atom. The Balaban J connectivity index is 3.07. The highest BCUT2D eigenvalue weighted by atomic mass is 19.1. The minimum atomic E-state index is -1.78. The molecule has 1 aromatic carbocycles. The molecule has 0 aliphatic heterocycles. The second-order valence-corrected chi connectivity index (χ2v) is 3.99. The Kier molecular flexibility index (Phi) is 4.26. The maximum atomic E-state index is 13.6. The molecule has 5 nitrogen and oxygen atoms in total. The van der Waals surface area contributed by atoms with Crippen LogP contribution in [0.15, 0.2) is 12.1 Å². The van der Waals surface area contributed by atoms with Gasteiger partial charge in [-0.3, -0.25) is 4.79 Å². The predicted octanol–water partition coefficient (Wildman–Crippen LogP) is 0.215. The Bertz CT molecular complexity index is 444. The van der Waals surface area contributed by atoms with E-state index in [2.05, 4.69) is 4.65 Å². The van der Waals surface area contributed by atoms with Gasteiger partial charge in [-0.2, -0.15) is 0 Å². The van der Waals surface area contributed by atoms with Gasteiger partial charge >= 0.3 is 13.7 Å². The van der Waals surface area contributed by atoms with Crippen LogP contribution in [0, 0.1) is 11.6 Å². The lowest BCUT2D eigenvalue weighted by atomic mass is 9.93. The van der Waals surface area contributed by atoms with E-state index < -0.39 is 35.1 Å². The maximum absolute atomic E-state index is 13.6. The zero-order valence-corrected chi connectivity index (χ0v) is 9.48. The summed E-state index contributed by atoms with van der Waals surface area (Å²) in [6, 6.07) is 1.64. The standard InChI is InChI=1S/C10H11BF2NO4/c1-10(14,9(15)16)4-6-7(12)2-5(18-11-17)3-8(6)13/h2-3,17H,4,14H2,1H3,(H,15,16)/t10-/m0/s1. The number of aliphatic carboxylic acids is 1. The third kappa shape index (κ3) is 3.17. The highest BCUT2D eigenvalue weighted by molar-refractivity contribution is 6.17. The van der Waals surface area contributed by atoms with E-state index in [1.165, 1.54) is 0 Å². The number of nitrogens with two attached hydrogens (primary N) is 1. The topological polar surface area (TPSA) is 92.8 Å². The average Bonchev–Trinajstić information content (AvgIpc) is 2.24. The molecule has 1 rings (SSSR count). The van der Waals surface area contributed by atoms with Crippen LogP contribution in [0.25, 0.3) is 0 Å². The Labute approximate surface area is 102 Å². The lowest BCUT2D eigenvalue weighted by Crippen LogP contribution is -2.47. The fourth-order valence-electron chi connectivity index (χ4n) is 1.32. The van der Waals surface area contributed by atoms with Gasteiger partial charge in [-0.1, -0.05) is 0 Å². The summed E-state index contributed by atoms with van der Waals surface area (Å²) < 4.78 is 31.5. The molecule has 0 unspecified atom stereocenters. The van der Waals surface area contributed by atoms with Crippen LogP contribution in [0.2, 0.25) is 0 Å². The molecule has 0 fully saturated rings. The van der Waals surface area contributed by atoms with Crippen LogP contribution in [0.1, 0.15) is 12.5 Å². The van der Waals surface area contributed by atoms with Crippen LogP contribution < -0.4 is 10.4 Å². The number of carbonyl (C=O) groups is 1. The lowest BCUT2D eigenvalue weighted by molar-refractivity contribution is -0.142. The molecular weight excluding hydrogens is 247 g/mol. The third-order valence-corrected chi connectivity index (χ3v) is 2.34. The number of hydrogen-bond donors (Lipinski definition) is 3. The van der Waals surface area contributed by atoms with Crippen molar-refractivity contribution in [2.75, 3.05) is 0 Å². The highest BCUT2D eigenvalue weighted by Crippen LogP contribution is 2.23. The molecule has 1 radical (unpaired) electrons. The van der Waals surface area contributed by atoms with Gasteiger partial charge < -0.3 is 20.5 Å². The quantitative estimate of drug-likeness (QED) is 0.656. The van der Waals surface area contributed by atoms with Gasteiger partial charge in [-0.05, 0) is 6.92 Å². The molecule has 0 aliphatic rings. The molecule has 0 bridgehead atoms. The van der Waals surface area contributed by atoms with Gasteiger partial charge in [0.15, 0.2) is 0 Å².